The Morgan fingerprint density at radius 3 is 2.21 bits per heavy atom. The molecule has 0 aromatic rings. The number of ether oxygens (including phenoxy) is 4. The van der Waals surface area contributed by atoms with E-state index < -0.39 is 5.79 Å². The van der Waals surface area contributed by atoms with E-state index in [-0.39, 0.29) is 17.3 Å². The zero-order valence-electron chi connectivity index (χ0n) is 17.5. The fraction of sp³-hybridized carbons (Fsp3) is 1.00. The second-order valence-corrected chi connectivity index (χ2v) is 11.0. The maximum absolute atomic E-state index is 10.4. The maximum atomic E-state index is 10.4. The fourth-order valence-electron chi connectivity index (χ4n) is 8.84. The highest BCUT2D eigenvalue weighted by Crippen LogP contribution is 2.72. The van der Waals surface area contributed by atoms with Crippen molar-refractivity contribution in [3.05, 3.63) is 0 Å². The first kappa shape index (κ1) is 18.6. The van der Waals surface area contributed by atoms with Gasteiger partial charge in [-0.05, 0) is 61.7 Å². The lowest BCUT2D eigenvalue weighted by Gasteiger charge is -2.65. The summed E-state index contributed by atoms with van der Waals surface area (Å²) < 4.78 is 25.6. The van der Waals surface area contributed by atoms with Gasteiger partial charge in [-0.15, -0.1) is 0 Å². The number of hydrogen-bond acceptors (Lipinski definition) is 5. The Hall–Kier alpha value is -0.200. The van der Waals surface area contributed by atoms with E-state index in [0.717, 1.165) is 51.7 Å². The summed E-state index contributed by atoms with van der Waals surface area (Å²) in [4.78, 5) is 0. The first-order chi connectivity index (χ1) is 13.4. The van der Waals surface area contributed by atoms with Crippen molar-refractivity contribution in [2.24, 2.45) is 34.5 Å². The number of rotatable bonds is 0. The van der Waals surface area contributed by atoms with Crippen molar-refractivity contribution in [1.29, 1.82) is 0 Å². The van der Waals surface area contributed by atoms with Gasteiger partial charge in [-0.25, -0.2) is 0 Å². The second-order valence-electron chi connectivity index (χ2n) is 11.0. The van der Waals surface area contributed by atoms with Crippen LogP contribution >= 0.6 is 0 Å². The lowest BCUT2D eigenvalue weighted by molar-refractivity contribution is -0.317. The predicted octanol–water partition coefficient (Wildman–Crippen LogP) is 3.49. The minimum Gasteiger partial charge on any atom is -0.393 e. The van der Waals surface area contributed by atoms with E-state index in [4.69, 9.17) is 18.9 Å². The lowest BCUT2D eigenvalue weighted by atomic mass is 9.43. The standard InChI is InChI=1S/C23H36O5/c1-20-6-3-16(24)13-15(20)14-22(25-9-10-26-22)19-17(20)4-7-21(2)18(19)5-8-23(21)27-11-12-28-23/h15-19,24H,3-14H2,1-2H3. The molecule has 0 radical (unpaired) electrons. The van der Waals surface area contributed by atoms with Crippen LogP contribution in [-0.4, -0.2) is 49.2 Å². The topological polar surface area (TPSA) is 57.2 Å². The molecule has 0 aromatic carbocycles. The zero-order chi connectivity index (χ0) is 19.2. The van der Waals surface area contributed by atoms with Crippen LogP contribution in [0.4, 0.5) is 0 Å². The van der Waals surface area contributed by atoms with Crippen LogP contribution in [0.15, 0.2) is 0 Å². The summed E-state index contributed by atoms with van der Waals surface area (Å²) in [6.45, 7) is 7.80. The average Bonchev–Trinajstić information content (AvgIpc) is 3.39. The molecule has 0 aromatic heterocycles. The van der Waals surface area contributed by atoms with Crippen molar-refractivity contribution in [2.75, 3.05) is 26.4 Å². The summed E-state index contributed by atoms with van der Waals surface area (Å²) >= 11 is 0. The smallest absolute Gasteiger partial charge is 0.174 e. The van der Waals surface area contributed by atoms with Gasteiger partial charge in [-0.3, -0.25) is 0 Å². The van der Waals surface area contributed by atoms with Crippen molar-refractivity contribution >= 4 is 0 Å². The van der Waals surface area contributed by atoms with Gasteiger partial charge in [-0.2, -0.15) is 0 Å². The summed E-state index contributed by atoms with van der Waals surface area (Å²) in [5.41, 5.74) is 0.337. The van der Waals surface area contributed by atoms with E-state index in [9.17, 15) is 5.11 Å². The molecule has 7 unspecified atom stereocenters. The number of aliphatic hydroxyl groups is 1. The average molecular weight is 393 g/mol. The SMILES string of the molecule is CC12CCC(O)CC1CC1(OCCO1)C1C2CCC2(C)C1CCC21OCCO1. The monoisotopic (exact) mass is 392 g/mol. The highest BCUT2D eigenvalue weighted by molar-refractivity contribution is 5.16. The van der Waals surface area contributed by atoms with E-state index in [1.54, 1.807) is 0 Å². The molecule has 6 rings (SSSR count). The zero-order valence-corrected chi connectivity index (χ0v) is 17.5. The van der Waals surface area contributed by atoms with Crippen LogP contribution in [0.2, 0.25) is 0 Å². The molecule has 4 aliphatic carbocycles. The molecule has 2 heterocycles. The van der Waals surface area contributed by atoms with Crippen LogP contribution in [0.5, 0.6) is 0 Å². The Kier molecular flexibility index (Phi) is 3.94. The Bertz CT molecular complexity index is 639. The molecule has 4 saturated carbocycles. The van der Waals surface area contributed by atoms with Crippen molar-refractivity contribution in [3.63, 3.8) is 0 Å². The Labute approximate surface area is 168 Å². The third-order valence-electron chi connectivity index (χ3n) is 10.2. The third-order valence-corrected chi connectivity index (χ3v) is 10.2. The molecular weight excluding hydrogens is 356 g/mol. The molecule has 0 amide bonds. The van der Waals surface area contributed by atoms with Gasteiger partial charge in [0.1, 0.15) is 0 Å². The van der Waals surface area contributed by atoms with Gasteiger partial charge in [0, 0.05) is 24.2 Å². The number of aliphatic hydroxyl groups excluding tert-OH is 1. The largest absolute Gasteiger partial charge is 0.393 e. The minimum atomic E-state index is -0.456. The van der Waals surface area contributed by atoms with E-state index in [0.29, 0.717) is 42.3 Å². The molecule has 7 atom stereocenters. The summed E-state index contributed by atoms with van der Waals surface area (Å²) in [5, 5.41) is 10.4. The summed E-state index contributed by atoms with van der Waals surface area (Å²) in [5.74, 6) is 1.19. The first-order valence-electron chi connectivity index (χ1n) is 11.7. The molecule has 5 heteroatoms. The number of hydrogen-bond donors (Lipinski definition) is 1. The molecule has 2 spiro atoms. The predicted molar refractivity (Wildman–Crippen MR) is 102 cm³/mol. The van der Waals surface area contributed by atoms with Gasteiger partial charge in [0.05, 0.1) is 32.5 Å². The highest BCUT2D eigenvalue weighted by atomic mass is 16.7. The van der Waals surface area contributed by atoms with Crippen molar-refractivity contribution in [1.82, 2.24) is 0 Å². The van der Waals surface area contributed by atoms with Gasteiger partial charge in [0.25, 0.3) is 0 Å². The lowest BCUT2D eigenvalue weighted by Crippen LogP contribution is -2.65. The molecular formula is C23H36O5. The highest BCUT2D eigenvalue weighted by Gasteiger charge is 2.72. The van der Waals surface area contributed by atoms with Gasteiger partial charge in [0.15, 0.2) is 11.6 Å². The van der Waals surface area contributed by atoms with Gasteiger partial charge in [0.2, 0.25) is 0 Å². The van der Waals surface area contributed by atoms with Gasteiger partial charge >= 0.3 is 0 Å². The Morgan fingerprint density at radius 1 is 0.786 bits per heavy atom. The van der Waals surface area contributed by atoms with Gasteiger partial charge in [-0.1, -0.05) is 13.8 Å². The molecule has 2 aliphatic heterocycles. The Balaban J connectivity index is 1.43. The van der Waals surface area contributed by atoms with Crippen molar-refractivity contribution in [2.45, 2.75) is 82.9 Å². The normalized spacial score (nSPS) is 53.9. The van der Waals surface area contributed by atoms with Crippen LogP contribution in [0.25, 0.3) is 0 Å². The molecule has 2 saturated heterocycles. The molecule has 0 bridgehead atoms. The van der Waals surface area contributed by atoms with E-state index >= 15 is 0 Å². The molecule has 6 aliphatic rings. The van der Waals surface area contributed by atoms with Crippen molar-refractivity contribution in [3.8, 4) is 0 Å². The van der Waals surface area contributed by atoms with Crippen LogP contribution in [0, 0.1) is 34.5 Å². The summed E-state index contributed by atoms with van der Waals surface area (Å²) in [6, 6.07) is 0. The van der Waals surface area contributed by atoms with Crippen LogP contribution in [0.3, 0.4) is 0 Å². The molecule has 5 nitrogen and oxygen atoms in total. The summed E-state index contributed by atoms with van der Waals surface area (Å²) in [7, 11) is 0. The maximum Gasteiger partial charge on any atom is 0.174 e. The van der Waals surface area contributed by atoms with Crippen LogP contribution in [-0.2, 0) is 18.9 Å². The number of fused-ring (bicyclic) bond motifs is 7. The fourth-order valence-corrected chi connectivity index (χ4v) is 8.84. The minimum absolute atomic E-state index is 0.0460. The molecule has 1 N–H and O–H groups in total. The molecule has 6 fully saturated rings. The van der Waals surface area contributed by atoms with E-state index in [1.807, 2.05) is 0 Å². The van der Waals surface area contributed by atoms with E-state index in [2.05, 4.69) is 13.8 Å². The summed E-state index contributed by atoms with van der Waals surface area (Å²) in [6.07, 6.45) is 8.30. The van der Waals surface area contributed by atoms with Gasteiger partial charge < -0.3 is 24.1 Å². The van der Waals surface area contributed by atoms with Crippen LogP contribution < -0.4 is 0 Å². The van der Waals surface area contributed by atoms with E-state index in [1.165, 1.54) is 12.8 Å². The molecule has 158 valence electrons. The quantitative estimate of drug-likeness (QED) is 0.684. The third kappa shape index (κ3) is 2.16. The first-order valence-corrected chi connectivity index (χ1v) is 11.7. The Morgan fingerprint density at radius 2 is 1.46 bits per heavy atom. The van der Waals surface area contributed by atoms with Crippen molar-refractivity contribution < 1.29 is 24.1 Å². The molecule has 28 heavy (non-hydrogen) atoms. The van der Waals surface area contributed by atoms with Crippen LogP contribution in [0.1, 0.15) is 65.2 Å². The second kappa shape index (κ2) is 5.94.